The number of nitrogens with one attached hydrogen (secondary N) is 2. The molecule has 0 radical (unpaired) electrons. The standard InChI is InChI=1S/C21H26N8/c1-21(22-2)9-6-15(7-10-21)24-20-23-13-19-16(8-11-29(19)26-20)14-4-5-17-18(12-14)28(3)27-25-17/h4-5,8,11-13,15,22H,6-7,9-10H2,1-3H3,(H,24,26). The van der Waals surface area contributed by atoms with Gasteiger partial charge in [-0.3, -0.25) is 0 Å². The van der Waals surface area contributed by atoms with Gasteiger partial charge in [0.25, 0.3) is 0 Å². The second kappa shape index (κ2) is 6.81. The first-order chi connectivity index (χ1) is 14.0. The molecule has 1 fully saturated rings. The second-order valence-corrected chi connectivity index (χ2v) is 8.29. The van der Waals surface area contributed by atoms with Crippen LogP contribution in [0, 0.1) is 0 Å². The first-order valence-corrected chi connectivity index (χ1v) is 10.1. The number of fused-ring (bicyclic) bond motifs is 2. The summed E-state index contributed by atoms with van der Waals surface area (Å²) >= 11 is 0. The topological polar surface area (TPSA) is 85.0 Å². The number of rotatable bonds is 4. The highest BCUT2D eigenvalue weighted by Gasteiger charge is 2.29. The molecule has 1 saturated carbocycles. The van der Waals surface area contributed by atoms with Crippen LogP contribution in [0.15, 0.2) is 36.7 Å². The summed E-state index contributed by atoms with van der Waals surface area (Å²) in [7, 11) is 3.96. The summed E-state index contributed by atoms with van der Waals surface area (Å²) in [5.41, 5.74) is 5.34. The lowest BCUT2D eigenvalue weighted by Crippen LogP contribution is -2.45. The van der Waals surface area contributed by atoms with E-state index in [1.165, 1.54) is 0 Å². The molecule has 0 aliphatic heterocycles. The molecular weight excluding hydrogens is 364 g/mol. The van der Waals surface area contributed by atoms with E-state index in [9.17, 15) is 0 Å². The van der Waals surface area contributed by atoms with Crippen molar-refractivity contribution in [2.24, 2.45) is 7.05 Å². The van der Waals surface area contributed by atoms with Gasteiger partial charge in [-0.15, -0.1) is 10.2 Å². The van der Waals surface area contributed by atoms with Gasteiger partial charge in [-0.1, -0.05) is 11.3 Å². The largest absolute Gasteiger partial charge is 0.350 e. The van der Waals surface area contributed by atoms with E-state index in [4.69, 9.17) is 5.10 Å². The van der Waals surface area contributed by atoms with Crippen molar-refractivity contribution in [3.63, 3.8) is 0 Å². The third-order valence-electron chi connectivity index (χ3n) is 6.36. The Bertz CT molecular complexity index is 1170. The minimum Gasteiger partial charge on any atom is -0.350 e. The maximum atomic E-state index is 4.69. The summed E-state index contributed by atoms with van der Waals surface area (Å²) in [5, 5.41) is 19.9. The number of aryl methyl sites for hydroxylation is 1. The lowest BCUT2D eigenvalue weighted by Gasteiger charge is -2.37. The smallest absolute Gasteiger partial charge is 0.241 e. The number of nitrogens with zero attached hydrogens (tertiary/aromatic N) is 6. The Labute approximate surface area is 169 Å². The van der Waals surface area contributed by atoms with Crippen molar-refractivity contribution in [3.8, 4) is 11.1 Å². The molecule has 0 amide bonds. The molecule has 0 spiro atoms. The molecule has 5 rings (SSSR count). The number of hydrogen-bond acceptors (Lipinski definition) is 6. The van der Waals surface area contributed by atoms with Crippen LogP contribution in [0.3, 0.4) is 0 Å². The van der Waals surface area contributed by atoms with Crippen molar-refractivity contribution >= 4 is 22.5 Å². The van der Waals surface area contributed by atoms with Crippen LogP contribution in [0.5, 0.6) is 0 Å². The molecule has 3 heterocycles. The summed E-state index contributed by atoms with van der Waals surface area (Å²) in [5.74, 6) is 0.684. The molecule has 2 N–H and O–H groups in total. The Kier molecular flexibility index (Phi) is 4.24. The minimum absolute atomic E-state index is 0.253. The molecule has 8 heteroatoms. The van der Waals surface area contributed by atoms with Crippen molar-refractivity contribution in [2.45, 2.75) is 44.2 Å². The Morgan fingerprint density at radius 3 is 2.76 bits per heavy atom. The van der Waals surface area contributed by atoms with Gasteiger partial charge in [0.2, 0.25) is 5.95 Å². The van der Waals surface area contributed by atoms with E-state index in [0.717, 1.165) is 53.4 Å². The molecule has 0 atom stereocenters. The zero-order valence-electron chi connectivity index (χ0n) is 17.1. The summed E-state index contributed by atoms with van der Waals surface area (Å²) in [6.07, 6.45) is 8.44. The molecule has 0 bridgehead atoms. The van der Waals surface area contributed by atoms with Gasteiger partial charge in [0.15, 0.2) is 0 Å². The Balaban J connectivity index is 1.39. The van der Waals surface area contributed by atoms with Crippen LogP contribution >= 0.6 is 0 Å². The van der Waals surface area contributed by atoms with E-state index in [0.29, 0.717) is 12.0 Å². The van der Waals surface area contributed by atoms with Gasteiger partial charge in [-0.25, -0.2) is 14.2 Å². The van der Waals surface area contributed by atoms with Crippen molar-refractivity contribution < 1.29 is 0 Å². The molecule has 4 aromatic rings. The fourth-order valence-corrected chi connectivity index (χ4v) is 4.24. The summed E-state index contributed by atoms with van der Waals surface area (Å²) in [6.45, 7) is 2.30. The van der Waals surface area contributed by atoms with Crippen molar-refractivity contribution in [3.05, 3.63) is 36.7 Å². The van der Waals surface area contributed by atoms with Gasteiger partial charge in [0.1, 0.15) is 5.52 Å². The molecule has 1 aromatic carbocycles. The van der Waals surface area contributed by atoms with Crippen LogP contribution in [0.4, 0.5) is 5.95 Å². The highest BCUT2D eigenvalue weighted by Crippen LogP contribution is 2.30. The fraction of sp³-hybridized carbons (Fsp3) is 0.429. The lowest BCUT2D eigenvalue weighted by atomic mass is 9.81. The molecule has 0 unspecified atom stereocenters. The molecule has 150 valence electrons. The van der Waals surface area contributed by atoms with Gasteiger partial charge < -0.3 is 10.6 Å². The van der Waals surface area contributed by atoms with Crippen LogP contribution in [-0.2, 0) is 7.05 Å². The van der Waals surface area contributed by atoms with Crippen LogP contribution < -0.4 is 10.6 Å². The monoisotopic (exact) mass is 390 g/mol. The zero-order valence-corrected chi connectivity index (χ0v) is 17.1. The second-order valence-electron chi connectivity index (χ2n) is 8.29. The number of benzene rings is 1. The third kappa shape index (κ3) is 3.23. The van der Waals surface area contributed by atoms with Crippen LogP contribution in [-0.4, -0.2) is 48.2 Å². The highest BCUT2D eigenvalue weighted by atomic mass is 15.4. The third-order valence-corrected chi connectivity index (χ3v) is 6.36. The van der Waals surface area contributed by atoms with Gasteiger partial charge in [-0.2, -0.15) is 0 Å². The predicted octanol–water partition coefficient (Wildman–Crippen LogP) is 3.01. The van der Waals surface area contributed by atoms with E-state index in [2.05, 4.69) is 58.1 Å². The van der Waals surface area contributed by atoms with Gasteiger partial charge in [-0.05, 0) is 63.4 Å². The van der Waals surface area contributed by atoms with Crippen LogP contribution in [0.1, 0.15) is 32.6 Å². The van der Waals surface area contributed by atoms with Crippen molar-refractivity contribution in [1.29, 1.82) is 0 Å². The predicted molar refractivity (Wildman–Crippen MR) is 114 cm³/mol. The molecule has 3 aromatic heterocycles. The van der Waals surface area contributed by atoms with E-state index >= 15 is 0 Å². The first kappa shape index (κ1) is 18.1. The number of anilines is 1. The lowest BCUT2D eigenvalue weighted by molar-refractivity contribution is 0.258. The molecule has 0 saturated heterocycles. The first-order valence-electron chi connectivity index (χ1n) is 10.1. The van der Waals surface area contributed by atoms with Crippen molar-refractivity contribution in [2.75, 3.05) is 12.4 Å². The number of aromatic nitrogens is 6. The average molecular weight is 390 g/mol. The molecule has 8 nitrogen and oxygen atoms in total. The van der Waals surface area contributed by atoms with E-state index in [-0.39, 0.29) is 5.54 Å². The van der Waals surface area contributed by atoms with Gasteiger partial charge in [0.05, 0.1) is 17.2 Å². The zero-order chi connectivity index (χ0) is 20.0. The maximum absolute atomic E-state index is 4.69. The summed E-state index contributed by atoms with van der Waals surface area (Å²) < 4.78 is 3.69. The van der Waals surface area contributed by atoms with E-state index < -0.39 is 0 Å². The van der Waals surface area contributed by atoms with Crippen LogP contribution in [0.25, 0.3) is 27.7 Å². The molecule has 1 aliphatic carbocycles. The van der Waals surface area contributed by atoms with Crippen molar-refractivity contribution in [1.82, 2.24) is 34.9 Å². The van der Waals surface area contributed by atoms with Gasteiger partial charge in [0, 0.05) is 30.4 Å². The Morgan fingerprint density at radius 1 is 1.14 bits per heavy atom. The van der Waals surface area contributed by atoms with E-state index in [1.54, 1.807) is 4.68 Å². The Hall–Kier alpha value is -3.00. The average Bonchev–Trinajstić information content (AvgIpc) is 3.33. The summed E-state index contributed by atoms with van der Waals surface area (Å²) in [4.78, 5) is 4.60. The molecular formula is C21H26N8. The van der Waals surface area contributed by atoms with Gasteiger partial charge >= 0.3 is 0 Å². The Morgan fingerprint density at radius 2 is 1.97 bits per heavy atom. The van der Waals surface area contributed by atoms with Crippen LogP contribution in [0.2, 0.25) is 0 Å². The van der Waals surface area contributed by atoms with E-state index in [1.807, 2.05) is 30.0 Å². The SMILES string of the molecule is CNC1(C)CCC(Nc2ncc3c(-c4ccc5nnn(C)c5c4)ccn3n2)CC1. The highest BCUT2D eigenvalue weighted by molar-refractivity contribution is 5.87. The molecule has 29 heavy (non-hydrogen) atoms. The summed E-state index contributed by atoms with van der Waals surface area (Å²) in [6, 6.07) is 8.68. The molecule has 1 aliphatic rings. The minimum atomic E-state index is 0.253. The fourth-order valence-electron chi connectivity index (χ4n) is 4.24. The maximum Gasteiger partial charge on any atom is 0.241 e. The quantitative estimate of drug-likeness (QED) is 0.557. The normalized spacial score (nSPS) is 22.4. The number of hydrogen-bond donors (Lipinski definition) is 2.